The van der Waals surface area contributed by atoms with Crippen molar-refractivity contribution in [2.45, 2.75) is 6.54 Å². The number of allylic oxidation sites excluding steroid dienone is 1. The Morgan fingerprint density at radius 3 is 2.67 bits per heavy atom. The van der Waals surface area contributed by atoms with E-state index in [4.69, 9.17) is 12.2 Å². The Labute approximate surface area is 158 Å². The van der Waals surface area contributed by atoms with Crippen molar-refractivity contribution in [3.05, 3.63) is 70.0 Å². The van der Waals surface area contributed by atoms with E-state index in [1.807, 2.05) is 22.8 Å². The van der Waals surface area contributed by atoms with Crippen LogP contribution >= 0.6 is 12.2 Å². The molecule has 4 aromatic rings. The molecule has 0 saturated carbocycles. The molecule has 27 heavy (non-hydrogen) atoms. The number of nitro benzene ring substituents is 1. The first-order valence-electron chi connectivity index (χ1n) is 8.08. The second kappa shape index (κ2) is 6.61. The number of nitro groups is 1. The minimum Gasteiger partial charge on any atom is -0.338 e. The number of non-ortho nitro benzene ring substituents is 1. The number of imidazole rings is 1. The van der Waals surface area contributed by atoms with Gasteiger partial charge in [-0.05, 0) is 42.5 Å². The van der Waals surface area contributed by atoms with E-state index in [2.05, 4.69) is 26.7 Å². The minimum absolute atomic E-state index is 0.0437. The van der Waals surface area contributed by atoms with Gasteiger partial charge in [-0.25, -0.2) is 4.98 Å². The quantitative estimate of drug-likeness (QED) is 0.234. The third kappa shape index (κ3) is 3.04. The Morgan fingerprint density at radius 2 is 1.96 bits per heavy atom. The van der Waals surface area contributed by atoms with E-state index in [-0.39, 0.29) is 5.69 Å². The number of hydrogen-bond acceptors (Lipinski definition) is 5. The van der Waals surface area contributed by atoms with Gasteiger partial charge in [0.25, 0.3) is 5.69 Å². The van der Waals surface area contributed by atoms with Gasteiger partial charge in [0.1, 0.15) is 5.82 Å². The fourth-order valence-corrected chi connectivity index (χ4v) is 3.07. The molecule has 2 aromatic carbocycles. The van der Waals surface area contributed by atoms with Crippen LogP contribution < -0.4 is 0 Å². The highest BCUT2D eigenvalue weighted by molar-refractivity contribution is 7.71. The summed E-state index contributed by atoms with van der Waals surface area (Å²) in [6.07, 6.45) is 1.76. The largest absolute Gasteiger partial charge is 0.338 e. The lowest BCUT2D eigenvalue weighted by atomic mass is 10.2. The summed E-state index contributed by atoms with van der Waals surface area (Å²) < 4.78 is 2.39. The van der Waals surface area contributed by atoms with Gasteiger partial charge >= 0.3 is 0 Å². The Morgan fingerprint density at radius 1 is 1.22 bits per heavy atom. The Bertz CT molecular complexity index is 1220. The van der Waals surface area contributed by atoms with Crippen molar-refractivity contribution in [1.82, 2.24) is 24.7 Å². The standard InChI is InChI=1S/C18H14N6O2S/c1-2-9-23-17(21-22-18(23)27)12-5-8-14-15(10-12)20-16(19-14)11-3-6-13(7-4-11)24(25)26/h2-8,10H,1,9H2,(H,19,20)(H,22,27). The third-order valence-electron chi connectivity index (χ3n) is 4.16. The first kappa shape index (κ1) is 16.9. The molecule has 2 heterocycles. The molecule has 0 fully saturated rings. The summed E-state index contributed by atoms with van der Waals surface area (Å²) in [4.78, 5) is 18.2. The van der Waals surface area contributed by atoms with E-state index in [1.165, 1.54) is 12.1 Å². The number of H-pyrrole nitrogens is 2. The molecule has 0 atom stereocenters. The van der Waals surface area contributed by atoms with E-state index in [9.17, 15) is 10.1 Å². The number of rotatable bonds is 5. The number of nitrogens with zero attached hydrogens (tertiary/aromatic N) is 4. The topological polar surface area (TPSA) is 105 Å². The highest BCUT2D eigenvalue weighted by Gasteiger charge is 2.12. The molecule has 2 aromatic heterocycles. The van der Waals surface area contributed by atoms with Gasteiger partial charge in [-0.3, -0.25) is 19.8 Å². The van der Waals surface area contributed by atoms with Crippen LogP contribution in [-0.4, -0.2) is 29.7 Å². The van der Waals surface area contributed by atoms with E-state index < -0.39 is 4.92 Å². The number of benzene rings is 2. The maximum atomic E-state index is 10.8. The van der Waals surface area contributed by atoms with Crippen molar-refractivity contribution >= 4 is 28.9 Å². The van der Waals surface area contributed by atoms with Gasteiger partial charge in [-0.1, -0.05) is 6.08 Å². The molecule has 4 rings (SSSR count). The maximum absolute atomic E-state index is 10.8. The number of fused-ring (bicyclic) bond motifs is 1. The van der Waals surface area contributed by atoms with Gasteiger partial charge in [0.2, 0.25) is 0 Å². The highest BCUT2D eigenvalue weighted by atomic mass is 32.1. The lowest BCUT2D eigenvalue weighted by Gasteiger charge is -2.03. The molecular weight excluding hydrogens is 364 g/mol. The average molecular weight is 378 g/mol. The Kier molecular flexibility index (Phi) is 4.13. The summed E-state index contributed by atoms with van der Waals surface area (Å²) in [5.41, 5.74) is 3.32. The van der Waals surface area contributed by atoms with Crippen LogP contribution in [0, 0.1) is 14.9 Å². The van der Waals surface area contributed by atoms with Crippen LogP contribution in [0.25, 0.3) is 33.8 Å². The predicted octanol–water partition coefficient (Wildman–Crippen LogP) is 4.25. The van der Waals surface area contributed by atoms with Crippen molar-refractivity contribution in [2.75, 3.05) is 0 Å². The molecule has 0 radical (unpaired) electrons. The van der Waals surface area contributed by atoms with E-state index in [0.717, 1.165) is 22.2 Å². The molecule has 0 aliphatic carbocycles. The number of aromatic nitrogens is 5. The predicted molar refractivity (Wildman–Crippen MR) is 105 cm³/mol. The minimum atomic E-state index is -0.426. The van der Waals surface area contributed by atoms with Crippen LogP contribution in [0.3, 0.4) is 0 Å². The van der Waals surface area contributed by atoms with Gasteiger partial charge in [-0.2, -0.15) is 5.10 Å². The molecule has 2 N–H and O–H groups in total. The zero-order valence-electron chi connectivity index (χ0n) is 14.0. The first-order valence-corrected chi connectivity index (χ1v) is 8.48. The molecule has 134 valence electrons. The zero-order chi connectivity index (χ0) is 19.0. The summed E-state index contributed by atoms with van der Waals surface area (Å²) in [5, 5.41) is 17.9. The van der Waals surface area contributed by atoms with Crippen molar-refractivity contribution in [1.29, 1.82) is 0 Å². The van der Waals surface area contributed by atoms with Crippen LogP contribution in [0.2, 0.25) is 0 Å². The number of aromatic amines is 2. The molecule has 0 amide bonds. The second-order valence-corrected chi connectivity index (χ2v) is 6.26. The molecule has 0 aliphatic heterocycles. The normalized spacial score (nSPS) is 11.0. The van der Waals surface area contributed by atoms with Gasteiger partial charge < -0.3 is 4.98 Å². The monoisotopic (exact) mass is 378 g/mol. The van der Waals surface area contributed by atoms with Gasteiger partial charge in [-0.15, -0.1) is 6.58 Å². The SMILES string of the molecule is C=CCn1c(-c2ccc3nc(-c4ccc([N+](=O)[O-])cc4)[nH]c3c2)n[nH]c1=S. The molecule has 9 heteroatoms. The smallest absolute Gasteiger partial charge is 0.269 e. The average Bonchev–Trinajstić information content (AvgIpc) is 3.25. The molecule has 0 saturated heterocycles. The van der Waals surface area contributed by atoms with Crippen LogP contribution in [0.4, 0.5) is 5.69 Å². The van der Waals surface area contributed by atoms with Gasteiger partial charge in [0.05, 0.1) is 16.0 Å². The summed E-state index contributed by atoms with van der Waals surface area (Å²) in [6.45, 7) is 4.30. The number of nitrogens with one attached hydrogen (secondary N) is 2. The Balaban J connectivity index is 1.75. The molecule has 0 spiro atoms. The zero-order valence-corrected chi connectivity index (χ0v) is 14.9. The fourth-order valence-electron chi connectivity index (χ4n) is 2.86. The second-order valence-electron chi connectivity index (χ2n) is 5.87. The van der Waals surface area contributed by atoms with Crippen LogP contribution in [0.1, 0.15) is 0 Å². The first-order chi connectivity index (χ1) is 13.1. The van der Waals surface area contributed by atoms with Crippen LogP contribution in [-0.2, 0) is 6.54 Å². The highest BCUT2D eigenvalue weighted by Crippen LogP contribution is 2.26. The summed E-state index contributed by atoms with van der Waals surface area (Å²) in [7, 11) is 0. The molecule has 0 unspecified atom stereocenters. The molecular formula is C18H14N6O2S. The summed E-state index contributed by atoms with van der Waals surface area (Å²) >= 11 is 5.26. The van der Waals surface area contributed by atoms with Crippen molar-refractivity contribution in [3.63, 3.8) is 0 Å². The Hall–Kier alpha value is -3.59. The van der Waals surface area contributed by atoms with Gasteiger partial charge in [0, 0.05) is 29.8 Å². The number of hydrogen-bond donors (Lipinski definition) is 2. The van der Waals surface area contributed by atoms with E-state index in [0.29, 0.717) is 23.0 Å². The third-order valence-corrected chi connectivity index (χ3v) is 4.47. The maximum Gasteiger partial charge on any atom is 0.269 e. The molecule has 8 nitrogen and oxygen atoms in total. The van der Waals surface area contributed by atoms with Crippen molar-refractivity contribution < 1.29 is 4.92 Å². The molecule has 0 bridgehead atoms. The van der Waals surface area contributed by atoms with Crippen LogP contribution in [0.5, 0.6) is 0 Å². The van der Waals surface area contributed by atoms with Crippen molar-refractivity contribution in [3.8, 4) is 22.8 Å². The molecule has 0 aliphatic rings. The lowest BCUT2D eigenvalue weighted by molar-refractivity contribution is -0.384. The van der Waals surface area contributed by atoms with Crippen LogP contribution in [0.15, 0.2) is 55.1 Å². The lowest BCUT2D eigenvalue weighted by Crippen LogP contribution is -1.98. The summed E-state index contributed by atoms with van der Waals surface area (Å²) in [5.74, 6) is 1.36. The summed E-state index contributed by atoms with van der Waals surface area (Å²) in [6, 6.07) is 12.0. The van der Waals surface area contributed by atoms with Gasteiger partial charge in [0.15, 0.2) is 10.6 Å². The van der Waals surface area contributed by atoms with E-state index >= 15 is 0 Å². The van der Waals surface area contributed by atoms with Crippen molar-refractivity contribution in [2.24, 2.45) is 0 Å². The fraction of sp³-hybridized carbons (Fsp3) is 0.0556. The van der Waals surface area contributed by atoms with E-state index in [1.54, 1.807) is 18.2 Å².